The molecule has 1 heterocycles. The molecule has 0 radical (unpaired) electrons. The molecule has 1 saturated carbocycles. The Kier molecular flexibility index (Phi) is 2.64. The van der Waals surface area contributed by atoms with E-state index in [1.165, 1.54) is 25.0 Å². The largest absolute Gasteiger partial charge is 0.379 e. The first-order valence-corrected chi connectivity index (χ1v) is 5.96. The Morgan fingerprint density at radius 1 is 1.29 bits per heavy atom. The third-order valence-electron chi connectivity index (χ3n) is 3.56. The van der Waals surface area contributed by atoms with Crippen LogP contribution in [0.2, 0.25) is 0 Å². The van der Waals surface area contributed by atoms with Crippen LogP contribution >= 0.6 is 0 Å². The topological polar surface area (TPSA) is 21.3 Å². The first kappa shape index (κ1) is 11.1. The van der Waals surface area contributed by atoms with Crippen LogP contribution in [-0.2, 0) is 10.2 Å². The van der Waals surface area contributed by atoms with Crippen LogP contribution in [0.4, 0.5) is 8.78 Å². The molecule has 0 unspecified atom stereocenters. The lowest BCUT2D eigenvalue weighted by atomic mass is 9.78. The Morgan fingerprint density at radius 2 is 2.06 bits per heavy atom. The average Bonchev–Trinajstić information content (AvgIpc) is 3.05. The summed E-state index contributed by atoms with van der Waals surface area (Å²) < 4.78 is 32.2. The molecule has 92 valence electrons. The van der Waals surface area contributed by atoms with Gasteiger partial charge in [-0.3, -0.25) is 0 Å². The molecule has 0 amide bonds. The molecule has 1 aliphatic carbocycles. The van der Waals surface area contributed by atoms with E-state index in [2.05, 4.69) is 5.32 Å². The molecule has 2 nitrogen and oxygen atoms in total. The molecule has 0 atom stereocenters. The van der Waals surface area contributed by atoms with Crippen LogP contribution in [0.3, 0.4) is 0 Å². The number of hydrogen-bond acceptors (Lipinski definition) is 2. The van der Waals surface area contributed by atoms with E-state index in [1.807, 2.05) is 0 Å². The van der Waals surface area contributed by atoms with Gasteiger partial charge in [0.05, 0.1) is 18.6 Å². The molecule has 0 aromatic heterocycles. The second-order valence-electron chi connectivity index (χ2n) is 5.05. The highest BCUT2D eigenvalue weighted by molar-refractivity contribution is 5.31. The fourth-order valence-corrected chi connectivity index (χ4v) is 2.23. The standard InChI is InChI=1S/C13H15F2NO/c14-9-1-4-12(15)11(5-9)13(7-17-8-13)6-16-10-2-3-10/h1,4-5,10,16H,2-3,6-8H2. The highest BCUT2D eigenvalue weighted by Crippen LogP contribution is 2.35. The van der Waals surface area contributed by atoms with Gasteiger partial charge in [0.15, 0.2) is 0 Å². The summed E-state index contributed by atoms with van der Waals surface area (Å²) in [6.07, 6.45) is 2.37. The van der Waals surface area contributed by atoms with Crippen molar-refractivity contribution in [2.45, 2.75) is 24.3 Å². The summed E-state index contributed by atoms with van der Waals surface area (Å²) in [6.45, 7) is 1.60. The summed E-state index contributed by atoms with van der Waals surface area (Å²) in [4.78, 5) is 0. The van der Waals surface area contributed by atoms with E-state index in [4.69, 9.17) is 4.74 Å². The maximum Gasteiger partial charge on any atom is 0.127 e. The van der Waals surface area contributed by atoms with E-state index < -0.39 is 0 Å². The van der Waals surface area contributed by atoms with Crippen molar-refractivity contribution in [1.29, 1.82) is 0 Å². The molecule has 3 rings (SSSR count). The van der Waals surface area contributed by atoms with Gasteiger partial charge >= 0.3 is 0 Å². The zero-order valence-electron chi connectivity index (χ0n) is 9.51. The minimum absolute atomic E-state index is 0.340. The van der Waals surface area contributed by atoms with E-state index in [1.54, 1.807) is 0 Å². The van der Waals surface area contributed by atoms with Gasteiger partial charge in [0.2, 0.25) is 0 Å². The van der Waals surface area contributed by atoms with Crippen molar-refractivity contribution in [3.05, 3.63) is 35.4 Å². The summed E-state index contributed by atoms with van der Waals surface area (Å²) in [6, 6.07) is 4.21. The Morgan fingerprint density at radius 3 is 2.65 bits per heavy atom. The van der Waals surface area contributed by atoms with Crippen molar-refractivity contribution in [1.82, 2.24) is 5.32 Å². The van der Waals surface area contributed by atoms with Crippen LogP contribution in [-0.4, -0.2) is 25.8 Å². The Hall–Kier alpha value is -1.00. The quantitative estimate of drug-likeness (QED) is 0.867. The lowest BCUT2D eigenvalue weighted by molar-refractivity contribution is -0.0608. The molecule has 0 bridgehead atoms. The van der Waals surface area contributed by atoms with Crippen molar-refractivity contribution < 1.29 is 13.5 Å². The second kappa shape index (κ2) is 4.03. The summed E-state index contributed by atoms with van der Waals surface area (Å²) >= 11 is 0. The molecular weight excluding hydrogens is 224 g/mol. The minimum Gasteiger partial charge on any atom is -0.379 e. The van der Waals surface area contributed by atoms with Crippen molar-refractivity contribution in [2.75, 3.05) is 19.8 Å². The minimum atomic E-state index is -0.390. The Balaban J connectivity index is 1.84. The monoisotopic (exact) mass is 239 g/mol. The van der Waals surface area contributed by atoms with Gasteiger partial charge in [-0.15, -0.1) is 0 Å². The van der Waals surface area contributed by atoms with Gasteiger partial charge in [-0.25, -0.2) is 8.78 Å². The zero-order valence-corrected chi connectivity index (χ0v) is 9.51. The first-order chi connectivity index (χ1) is 8.20. The SMILES string of the molecule is Fc1ccc(F)c(C2(CNC3CC3)COC2)c1. The predicted octanol–water partition coefficient (Wildman–Crippen LogP) is 1.98. The Labute approximate surface area is 99.0 Å². The number of rotatable bonds is 4. The van der Waals surface area contributed by atoms with Crippen LogP contribution < -0.4 is 5.32 Å². The Bertz CT molecular complexity index is 427. The molecule has 1 saturated heterocycles. The van der Waals surface area contributed by atoms with Crippen molar-refractivity contribution in [2.24, 2.45) is 0 Å². The summed E-state index contributed by atoms with van der Waals surface area (Å²) in [7, 11) is 0. The van der Waals surface area contributed by atoms with Gasteiger partial charge in [0.1, 0.15) is 11.6 Å². The van der Waals surface area contributed by atoms with E-state index in [9.17, 15) is 8.78 Å². The highest BCUT2D eigenvalue weighted by atomic mass is 19.1. The van der Waals surface area contributed by atoms with Crippen LogP contribution in [0.25, 0.3) is 0 Å². The number of halogens is 2. The van der Waals surface area contributed by atoms with E-state index in [0.717, 1.165) is 6.07 Å². The average molecular weight is 239 g/mol. The van der Waals surface area contributed by atoms with Gasteiger partial charge < -0.3 is 10.1 Å². The van der Waals surface area contributed by atoms with Gasteiger partial charge in [-0.05, 0) is 31.0 Å². The molecule has 0 spiro atoms. The highest BCUT2D eigenvalue weighted by Gasteiger charge is 2.43. The van der Waals surface area contributed by atoms with E-state index in [0.29, 0.717) is 31.4 Å². The summed E-state index contributed by atoms with van der Waals surface area (Å²) in [5, 5.41) is 3.38. The number of nitrogens with one attached hydrogen (secondary N) is 1. The molecule has 17 heavy (non-hydrogen) atoms. The molecule has 2 aliphatic rings. The fourth-order valence-electron chi connectivity index (χ4n) is 2.23. The van der Waals surface area contributed by atoms with Crippen LogP contribution in [0, 0.1) is 11.6 Å². The third-order valence-corrected chi connectivity index (χ3v) is 3.56. The van der Waals surface area contributed by atoms with Crippen LogP contribution in [0.15, 0.2) is 18.2 Å². The van der Waals surface area contributed by atoms with Gasteiger partial charge in [-0.1, -0.05) is 0 Å². The second-order valence-corrected chi connectivity index (χ2v) is 5.05. The first-order valence-electron chi connectivity index (χ1n) is 5.96. The molecule has 1 aromatic carbocycles. The predicted molar refractivity (Wildman–Crippen MR) is 59.9 cm³/mol. The lowest BCUT2D eigenvalue weighted by Crippen LogP contribution is -2.54. The van der Waals surface area contributed by atoms with E-state index in [-0.39, 0.29) is 17.0 Å². The van der Waals surface area contributed by atoms with Gasteiger partial charge in [0, 0.05) is 18.2 Å². The number of ether oxygens (including phenoxy) is 1. The maximum absolute atomic E-state index is 13.8. The molecule has 4 heteroatoms. The smallest absolute Gasteiger partial charge is 0.127 e. The molecule has 2 fully saturated rings. The summed E-state index contributed by atoms with van der Waals surface area (Å²) in [5.74, 6) is -0.730. The van der Waals surface area contributed by atoms with Crippen LogP contribution in [0.5, 0.6) is 0 Å². The molecular formula is C13H15F2NO. The molecule has 1 aliphatic heterocycles. The van der Waals surface area contributed by atoms with Gasteiger partial charge in [-0.2, -0.15) is 0 Å². The number of hydrogen-bond donors (Lipinski definition) is 1. The lowest BCUT2D eigenvalue weighted by Gasteiger charge is -2.42. The summed E-state index contributed by atoms with van der Waals surface area (Å²) in [5.41, 5.74) is 0.0614. The normalized spacial score (nSPS) is 22.2. The number of benzene rings is 1. The molecule has 1 aromatic rings. The fraction of sp³-hybridized carbons (Fsp3) is 0.538. The van der Waals surface area contributed by atoms with E-state index >= 15 is 0 Å². The third kappa shape index (κ3) is 2.07. The zero-order chi connectivity index (χ0) is 11.9. The van der Waals surface area contributed by atoms with Crippen molar-refractivity contribution in [3.8, 4) is 0 Å². The van der Waals surface area contributed by atoms with Gasteiger partial charge in [0.25, 0.3) is 0 Å². The van der Waals surface area contributed by atoms with Crippen molar-refractivity contribution in [3.63, 3.8) is 0 Å². The molecule has 1 N–H and O–H groups in total. The van der Waals surface area contributed by atoms with Crippen molar-refractivity contribution >= 4 is 0 Å². The maximum atomic E-state index is 13.8. The van der Waals surface area contributed by atoms with Crippen LogP contribution in [0.1, 0.15) is 18.4 Å².